The lowest BCUT2D eigenvalue weighted by molar-refractivity contribution is -0.137. The number of carbonyl (C=O) groups is 3. The van der Waals surface area contributed by atoms with Gasteiger partial charge in [0, 0.05) is 48.9 Å². The van der Waals surface area contributed by atoms with Crippen molar-refractivity contribution in [3.05, 3.63) is 52.6 Å². The van der Waals surface area contributed by atoms with Crippen LogP contribution in [0.5, 0.6) is 0 Å². The number of fused-ring (bicyclic) bond motifs is 1. The number of carboxylic acid groups (broad SMARTS) is 1. The van der Waals surface area contributed by atoms with Gasteiger partial charge in [0.1, 0.15) is 5.82 Å². The van der Waals surface area contributed by atoms with Crippen molar-refractivity contribution in [1.82, 2.24) is 15.2 Å². The lowest BCUT2D eigenvalue weighted by Crippen LogP contribution is -2.23. The number of hydrogen-bond donors (Lipinski definition) is 4. The van der Waals surface area contributed by atoms with Gasteiger partial charge in [-0.15, -0.1) is 0 Å². The number of amides is 2. The largest absolute Gasteiger partial charge is 0.481 e. The zero-order valence-electron chi connectivity index (χ0n) is 27.5. The number of halogens is 1. The highest BCUT2D eigenvalue weighted by Gasteiger charge is 2.25. The molecule has 0 bridgehead atoms. The average Bonchev–Trinajstić information content (AvgIpc) is 3.47. The number of rotatable bonds is 10. The monoisotopic (exact) mass is 590 g/mol. The molecule has 2 amide bonds. The average molecular weight is 591 g/mol. The number of aromatic nitrogens is 1. The molecule has 2 aromatic rings. The second-order valence-electron chi connectivity index (χ2n) is 9.00. The van der Waals surface area contributed by atoms with E-state index in [2.05, 4.69) is 41.3 Å². The van der Waals surface area contributed by atoms with Crippen molar-refractivity contribution < 1.29 is 23.9 Å². The van der Waals surface area contributed by atoms with E-state index < -0.39 is 5.97 Å². The van der Waals surface area contributed by atoms with Gasteiger partial charge >= 0.3 is 5.97 Å². The quantitative estimate of drug-likeness (QED) is 0.217. The maximum Gasteiger partial charge on any atom is 0.303 e. The van der Waals surface area contributed by atoms with E-state index in [1.165, 1.54) is 45.1 Å². The van der Waals surface area contributed by atoms with Gasteiger partial charge in [-0.25, -0.2) is 4.39 Å². The number of benzene rings is 1. The lowest BCUT2D eigenvalue weighted by Gasteiger charge is -2.15. The van der Waals surface area contributed by atoms with Gasteiger partial charge < -0.3 is 25.6 Å². The van der Waals surface area contributed by atoms with Crippen LogP contribution in [0.25, 0.3) is 11.6 Å². The van der Waals surface area contributed by atoms with Crippen LogP contribution in [0.15, 0.2) is 24.3 Å². The molecule has 1 aromatic heterocycles. The normalized spacial score (nSPS) is 11.8. The summed E-state index contributed by atoms with van der Waals surface area (Å²) in [5, 5.41) is 13.4. The van der Waals surface area contributed by atoms with Gasteiger partial charge in [0.2, 0.25) is 5.91 Å². The molecule has 0 fully saturated rings. The number of hydrogen-bond acceptors (Lipinski definition) is 4. The van der Waals surface area contributed by atoms with E-state index in [1.54, 1.807) is 12.1 Å². The molecule has 9 heteroatoms. The molecule has 8 nitrogen and oxygen atoms in total. The summed E-state index contributed by atoms with van der Waals surface area (Å²) in [6.07, 6.45) is 4.70. The maximum atomic E-state index is 13.5. The Bertz CT molecular complexity index is 1090. The molecule has 1 aliphatic rings. The number of nitrogens with zero attached hydrogens (tertiary/aromatic N) is 1. The Morgan fingerprint density at radius 2 is 1.64 bits per heavy atom. The Kier molecular flexibility index (Phi) is 23.4. The Morgan fingerprint density at radius 1 is 1.02 bits per heavy atom. The zero-order valence-corrected chi connectivity index (χ0v) is 27.5. The van der Waals surface area contributed by atoms with Gasteiger partial charge in [-0.05, 0) is 75.3 Å². The number of aliphatic carboxylic acids is 1. The predicted octanol–water partition coefficient (Wildman–Crippen LogP) is 7.30. The molecule has 238 valence electrons. The standard InChI is InChI=1S/C18H18FN3O2.C7H17N.C4H8O2.2C2H6/c1-10-7-13(5-6-20-11(2)23)21-17(10)9-15-14-8-12(19)3-4-16(14)22-18(15)24;1-4-7-8(5-2)6-3;1-2-3-4(5)6;2*1-2/h3-4,7-9,21H,5-6H2,1-2H3,(H,20,23)(H,22,24);4-7H2,1-3H3;2-3H2,1H3,(H,5,6);2*1-2H3/b15-9-;;;;. The first-order valence-corrected chi connectivity index (χ1v) is 15.3. The van der Waals surface area contributed by atoms with E-state index in [1.807, 2.05) is 47.6 Å². The second-order valence-corrected chi connectivity index (χ2v) is 9.00. The maximum absolute atomic E-state index is 13.5. The molecule has 0 atom stereocenters. The summed E-state index contributed by atoms with van der Waals surface area (Å²) >= 11 is 0. The highest BCUT2D eigenvalue weighted by atomic mass is 19.1. The fourth-order valence-corrected chi connectivity index (χ4v) is 3.82. The Hall–Kier alpha value is -3.46. The van der Waals surface area contributed by atoms with Gasteiger partial charge in [0.25, 0.3) is 5.91 Å². The molecular formula is C33H55FN4O4. The van der Waals surface area contributed by atoms with E-state index in [4.69, 9.17) is 5.11 Å². The predicted molar refractivity (Wildman–Crippen MR) is 174 cm³/mol. The van der Waals surface area contributed by atoms with Crippen LogP contribution in [0, 0.1) is 12.7 Å². The van der Waals surface area contributed by atoms with Crippen LogP contribution >= 0.6 is 0 Å². The molecule has 0 radical (unpaired) electrons. The Morgan fingerprint density at radius 3 is 2.10 bits per heavy atom. The van der Waals surface area contributed by atoms with Crippen molar-refractivity contribution in [2.24, 2.45) is 0 Å². The first kappa shape index (κ1) is 40.7. The zero-order chi connectivity index (χ0) is 32.7. The Balaban J connectivity index is 0. The summed E-state index contributed by atoms with van der Waals surface area (Å²) in [6.45, 7) is 24.1. The third-order valence-electron chi connectivity index (χ3n) is 5.83. The number of H-pyrrole nitrogens is 1. The van der Waals surface area contributed by atoms with Crippen LogP contribution in [0.4, 0.5) is 10.1 Å². The summed E-state index contributed by atoms with van der Waals surface area (Å²) in [7, 11) is 0. The summed E-state index contributed by atoms with van der Waals surface area (Å²) in [5.74, 6) is -1.40. The molecule has 42 heavy (non-hydrogen) atoms. The first-order valence-electron chi connectivity index (χ1n) is 15.3. The van der Waals surface area contributed by atoms with E-state index in [0.717, 1.165) is 23.4 Å². The summed E-state index contributed by atoms with van der Waals surface area (Å²) < 4.78 is 13.5. The minimum atomic E-state index is -0.711. The van der Waals surface area contributed by atoms with Crippen LogP contribution in [-0.4, -0.2) is 59.0 Å². The van der Waals surface area contributed by atoms with Crippen LogP contribution in [-0.2, 0) is 20.8 Å². The summed E-state index contributed by atoms with van der Waals surface area (Å²) in [4.78, 5) is 38.3. The molecule has 0 saturated carbocycles. The molecule has 1 aliphatic heterocycles. The molecule has 4 N–H and O–H groups in total. The number of aryl methyl sites for hydroxylation is 1. The molecule has 0 aliphatic carbocycles. The topological polar surface area (TPSA) is 115 Å². The first-order chi connectivity index (χ1) is 20.1. The fraction of sp³-hybridized carbons (Fsp3) is 0.545. The summed E-state index contributed by atoms with van der Waals surface area (Å²) in [5.41, 5.74) is 4.36. The second kappa shape index (κ2) is 24.2. The molecule has 3 rings (SSSR count). The Labute approximate surface area is 253 Å². The van der Waals surface area contributed by atoms with Crippen LogP contribution in [0.3, 0.4) is 0 Å². The fourth-order valence-electron chi connectivity index (χ4n) is 3.82. The van der Waals surface area contributed by atoms with Crippen molar-refractivity contribution in [1.29, 1.82) is 0 Å². The van der Waals surface area contributed by atoms with E-state index in [0.29, 0.717) is 36.2 Å². The molecule has 0 spiro atoms. The summed E-state index contributed by atoms with van der Waals surface area (Å²) in [6, 6.07) is 6.22. The van der Waals surface area contributed by atoms with Crippen LogP contribution < -0.4 is 10.6 Å². The van der Waals surface area contributed by atoms with E-state index in [9.17, 15) is 18.8 Å². The van der Waals surface area contributed by atoms with Gasteiger partial charge in [0.15, 0.2) is 0 Å². The van der Waals surface area contributed by atoms with Crippen molar-refractivity contribution in [2.45, 2.75) is 94.9 Å². The van der Waals surface area contributed by atoms with Crippen molar-refractivity contribution in [3.63, 3.8) is 0 Å². The third-order valence-corrected chi connectivity index (χ3v) is 5.83. The van der Waals surface area contributed by atoms with E-state index in [-0.39, 0.29) is 17.6 Å². The van der Waals surface area contributed by atoms with Gasteiger partial charge in [-0.3, -0.25) is 14.4 Å². The number of nitrogens with one attached hydrogen (secondary N) is 3. The van der Waals surface area contributed by atoms with Crippen molar-refractivity contribution >= 4 is 35.1 Å². The lowest BCUT2D eigenvalue weighted by atomic mass is 10.1. The number of anilines is 1. The molecular weight excluding hydrogens is 535 g/mol. The molecule has 0 unspecified atom stereocenters. The number of carboxylic acids is 1. The number of carbonyl (C=O) groups excluding carboxylic acids is 2. The SMILES string of the molecule is CC.CC.CC(=O)NCCc1cc(C)c(/C=C2\C(=O)Nc3ccc(F)cc32)[nH]1.CCCC(=O)O.CCCN(CC)CC. The highest BCUT2D eigenvalue weighted by Crippen LogP contribution is 2.33. The van der Waals surface area contributed by atoms with Gasteiger partial charge in [-0.2, -0.15) is 0 Å². The van der Waals surface area contributed by atoms with Crippen molar-refractivity contribution in [2.75, 3.05) is 31.5 Å². The molecule has 0 saturated heterocycles. The highest BCUT2D eigenvalue weighted by molar-refractivity contribution is 6.34. The number of aromatic amines is 1. The molecule has 2 heterocycles. The van der Waals surface area contributed by atoms with Crippen LogP contribution in [0.1, 0.15) is 104 Å². The van der Waals surface area contributed by atoms with Gasteiger partial charge in [0.05, 0.1) is 5.57 Å². The minimum Gasteiger partial charge on any atom is -0.481 e. The van der Waals surface area contributed by atoms with Crippen molar-refractivity contribution in [3.8, 4) is 0 Å². The van der Waals surface area contributed by atoms with Crippen LogP contribution in [0.2, 0.25) is 0 Å². The smallest absolute Gasteiger partial charge is 0.303 e. The molecule has 1 aromatic carbocycles. The van der Waals surface area contributed by atoms with E-state index >= 15 is 0 Å². The third kappa shape index (κ3) is 16.1. The van der Waals surface area contributed by atoms with Gasteiger partial charge in [-0.1, -0.05) is 55.4 Å². The minimum absolute atomic E-state index is 0.0677.